The van der Waals surface area contributed by atoms with Crippen molar-refractivity contribution in [1.29, 1.82) is 0 Å². The molecule has 2 aliphatic rings. The average molecular weight is 399 g/mol. The number of aryl methyl sites for hydroxylation is 2. The number of fused-ring (bicyclic) bond motifs is 2. The Morgan fingerprint density at radius 3 is 2.75 bits per heavy atom. The summed E-state index contributed by atoms with van der Waals surface area (Å²) in [4.78, 5) is 12.8. The summed E-state index contributed by atoms with van der Waals surface area (Å²) in [6.07, 6.45) is 7.12. The third kappa shape index (κ3) is 3.84. The van der Waals surface area contributed by atoms with E-state index in [1.165, 1.54) is 48.6 Å². The van der Waals surface area contributed by atoms with E-state index in [4.69, 9.17) is 0 Å². The smallest absolute Gasteiger partial charge is 0.233 e. The number of hydrogen-bond acceptors (Lipinski definition) is 4. The minimum Gasteiger partial charge on any atom is -0.352 e. The van der Waals surface area contributed by atoms with Gasteiger partial charge in [-0.05, 0) is 76.3 Å². The maximum absolute atomic E-state index is 12.8. The Morgan fingerprint density at radius 2 is 2.07 bits per heavy atom. The number of rotatable bonds is 6. The lowest BCUT2D eigenvalue weighted by molar-refractivity contribution is -0.121. The number of thioether (sulfide) groups is 1. The summed E-state index contributed by atoms with van der Waals surface area (Å²) < 4.78 is 1.97. The molecule has 2 saturated carbocycles. The second-order valence-corrected chi connectivity index (χ2v) is 9.98. The third-order valence-corrected chi connectivity index (χ3v) is 7.64. The third-order valence-electron chi connectivity index (χ3n) is 6.58. The first kappa shape index (κ1) is 19.5. The minimum atomic E-state index is -0.213. The largest absolute Gasteiger partial charge is 0.352 e. The van der Waals surface area contributed by atoms with Gasteiger partial charge in [0.05, 0.1) is 10.9 Å². The van der Waals surface area contributed by atoms with E-state index in [1.807, 2.05) is 11.5 Å². The first-order valence-corrected chi connectivity index (χ1v) is 11.2. The number of amides is 1. The number of nitrogens with zero attached hydrogens (tertiary/aromatic N) is 3. The molecule has 1 N–H and O–H groups in total. The molecule has 0 saturated heterocycles. The van der Waals surface area contributed by atoms with Gasteiger partial charge in [-0.25, -0.2) is 0 Å². The lowest BCUT2D eigenvalue weighted by Gasteiger charge is -2.29. The molecule has 1 aromatic carbocycles. The van der Waals surface area contributed by atoms with Gasteiger partial charge in [0.2, 0.25) is 5.91 Å². The van der Waals surface area contributed by atoms with Crippen LogP contribution in [0.1, 0.15) is 50.7 Å². The van der Waals surface area contributed by atoms with Gasteiger partial charge in [-0.3, -0.25) is 9.36 Å². The fraction of sp³-hybridized carbons (Fsp3) is 0.591. The highest BCUT2D eigenvalue weighted by Crippen LogP contribution is 2.49. The summed E-state index contributed by atoms with van der Waals surface area (Å²) in [6, 6.07) is 6.57. The van der Waals surface area contributed by atoms with Crippen molar-refractivity contribution in [3.63, 3.8) is 0 Å². The number of hydrogen-bond donors (Lipinski definition) is 1. The zero-order valence-corrected chi connectivity index (χ0v) is 18.0. The van der Waals surface area contributed by atoms with E-state index in [0.29, 0.717) is 5.92 Å². The minimum absolute atomic E-state index is 0.0930. The number of aromatic nitrogens is 3. The summed E-state index contributed by atoms with van der Waals surface area (Å²) in [5.74, 6) is 2.46. The van der Waals surface area contributed by atoms with Crippen LogP contribution >= 0.6 is 11.8 Å². The topological polar surface area (TPSA) is 59.8 Å². The van der Waals surface area contributed by atoms with Crippen LogP contribution in [0.2, 0.25) is 0 Å². The number of carbonyl (C=O) groups is 1. The molecule has 1 amide bonds. The van der Waals surface area contributed by atoms with Crippen LogP contribution in [-0.4, -0.2) is 32.0 Å². The number of nitrogens with one attached hydrogen (secondary N) is 1. The molecule has 2 aliphatic carbocycles. The van der Waals surface area contributed by atoms with Crippen molar-refractivity contribution in [2.75, 3.05) is 0 Å². The zero-order chi connectivity index (χ0) is 19.8. The van der Waals surface area contributed by atoms with Crippen LogP contribution < -0.4 is 5.32 Å². The van der Waals surface area contributed by atoms with Crippen LogP contribution in [0.25, 0.3) is 5.69 Å². The predicted octanol–water partition coefficient (Wildman–Crippen LogP) is 4.31. The molecular weight excluding hydrogens is 368 g/mol. The molecule has 2 bridgehead atoms. The first-order chi connectivity index (χ1) is 13.4. The highest BCUT2D eigenvalue weighted by molar-refractivity contribution is 8.00. The summed E-state index contributed by atoms with van der Waals surface area (Å²) in [5.41, 5.74) is 3.45. The molecule has 0 aliphatic heterocycles. The van der Waals surface area contributed by atoms with Gasteiger partial charge >= 0.3 is 0 Å². The van der Waals surface area contributed by atoms with E-state index >= 15 is 0 Å². The van der Waals surface area contributed by atoms with Gasteiger partial charge in [-0.2, -0.15) is 0 Å². The van der Waals surface area contributed by atoms with Gasteiger partial charge in [0, 0.05) is 6.04 Å². The fourth-order valence-electron chi connectivity index (χ4n) is 5.11. The lowest BCUT2D eigenvalue weighted by atomic mass is 9.84. The van der Waals surface area contributed by atoms with Crippen LogP contribution in [0.5, 0.6) is 0 Å². The van der Waals surface area contributed by atoms with Gasteiger partial charge in [-0.15, -0.1) is 10.2 Å². The lowest BCUT2D eigenvalue weighted by Crippen LogP contribution is -2.43. The van der Waals surface area contributed by atoms with E-state index in [-0.39, 0.29) is 17.2 Å². The van der Waals surface area contributed by atoms with Gasteiger partial charge in [0.25, 0.3) is 0 Å². The predicted molar refractivity (Wildman–Crippen MR) is 113 cm³/mol. The molecule has 28 heavy (non-hydrogen) atoms. The average Bonchev–Trinajstić information content (AvgIpc) is 3.38. The van der Waals surface area contributed by atoms with E-state index in [1.54, 1.807) is 6.33 Å². The maximum Gasteiger partial charge on any atom is 0.233 e. The number of carbonyl (C=O) groups excluding carboxylic acids is 1. The van der Waals surface area contributed by atoms with E-state index < -0.39 is 0 Å². The summed E-state index contributed by atoms with van der Waals surface area (Å²) in [5, 5.41) is 12.2. The quantitative estimate of drug-likeness (QED) is 0.737. The Kier molecular flexibility index (Phi) is 5.50. The Labute approximate surface area is 171 Å². The summed E-state index contributed by atoms with van der Waals surface area (Å²) in [7, 11) is 0. The van der Waals surface area contributed by atoms with Crippen LogP contribution in [-0.2, 0) is 4.79 Å². The molecule has 2 aromatic rings. The van der Waals surface area contributed by atoms with Crippen LogP contribution in [0.3, 0.4) is 0 Å². The second-order valence-electron chi connectivity index (χ2n) is 8.67. The van der Waals surface area contributed by atoms with Crippen molar-refractivity contribution in [1.82, 2.24) is 20.1 Å². The van der Waals surface area contributed by atoms with Crippen molar-refractivity contribution in [3.8, 4) is 5.69 Å². The maximum atomic E-state index is 12.8. The molecule has 0 unspecified atom stereocenters. The first-order valence-electron chi connectivity index (χ1n) is 10.4. The van der Waals surface area contributed by atoms with Crippen molar-refractivity contribution >= 4 is 17.7 Å². The Morgan fingerprint density at radius 1 is 1.25 bits per heavy atom. The normalized spacial score (nSPS) is 25.6. The van der Waals surface area contributed by atoms with Crippen molar-refractivity contribution in [3.05, 3.63) is 35.7 Å². The highest BCUT2D eigenvalue weighted by atomic mass is 32.2. The molecule has 1 aromatic heterocycles. The zero-order valence-electron chi connectivity index (χ0n) is 17.2. The standard InChI is InChI=1S/C22H30N4OS/c1-13-5-8-20(14(2)9-13)26-12-23-25-22(26)28-16(4)21(27)24-15(3)19-11-17-6-7-18(19)10-17/h5,8-9,12,15-19H,6-7,10-11H2,1-4H3,(H,24,27)/t15-,16-,17+,18+,19+/m1/s1. The van der Waals surface area contributed by atoms with Crippen LogP contribution in [0, 0.1) is 31.6 Å². The molecule has 1 heterocycles. The molecule has 0 spiro atoms. The van der Waals surface area contributed by atoms with Gasteiger partial charge in [-0.1, -0.05) is 35.9 Å². The van der Waals surface area contributed by atoms with E-state index in [0.717, 1.165) is 22.7 Å². The van der Waals surface area contributed by atoms with Crippen LogP contribution in [0.4, 0.5) is 0 Å². The van der Waals surface area contributed by atoms with Gasteiger partial charge in [0.1, 0.15) is 6.33 Å². The molecule has 6 heteroatoms. The molecule has 2 fully saturated rings. The van der Waals surface area contributed by atoms with E-state index in [2.05, 4.69) is 54.5 Å². The summed E-state index contributed by atoms with van der Waals surface area (Å²) in [6.45, 7) is 8.31. The van der Waals surface area contributed by atoms with Gasteiger partial charge < -0.3 is 5.32 Å². The molecule has 150 valence electrons. The molecular formula is C22H30N4OS. The number of benzene rings is 1. The second kappa shape index (κ2) is 7.90. The van der Waals surface area contributed by atoms with Crippen molar-refractivity contribution in [2.24, 2.45) is 17.8 Å². The van der Waals surface area contributed by atoms with Crippen molar-refractivity contribution in [2.45, 2.75) is 69.8 Å². The molecule has 5 atom stereocenters. The Balaban J connectivity index is 1.40. The fourth-order valence-corrected chi connectivity index (χ4v) is 5.96. The van der Waals surface area contributed by atoms with Gasteiger partial charge in [0.15, 0.2) is 5.16 Å². The molecule has 4 rings (SSSR count). The highest BCUT2D eigenvalue weighted by Gasteiger charge is 2.42. The van der Waals surface area contributed by atoms with E-state index in [9.17, 15) is 4.79 Å². The Hall–Kier alpha value is -1.82. The Bertz CT molecular complexity index is 864. The molecule has 0 radical (unpaired) electrons. The SMILES string of the molecule is Cc1ccc(-n2cnnc2S[C@H](C)C(=O)N[C@H](C)[C@@H]2C[C@H]3CC[C@H]2C3)c(C)c1. The summed E-state index contributed by atoms with van der Waals surface area (Å²) >= 11 is 1.47. The molecule has 5 nitrogen and oxygen atoms in total. The monoisotopic (exact) mass is 398 g/mol. The van der Waals surface area contributed by atoms with Crippen molar-refractivity contribution < 1.29 is 4.79 Å². The van der Waals surface area contributed by atoms with Crippen LogP contribution in [0.15, 0.2) is 29.7 Å².